The lowest BCUT2D eigenvalue weighted by molar-refractivity contribution is -0.107. The Morgan fingerprint density at radius 2 is 1.73 bits per heavy atom. The third-order valence-corrected chi connectivity index (χ3v) is 1.65. The molecule has 0 aliphatic heterocycles. The Morgan fingerprint density at radius 1 is 1.27 bits per heavy atom. The highest BCUT2D eigenvalue weighted by Gasteiger charge is 2.12. The van der Waals surface area contributed by atoms with Gasteiger partial charge in [-0.05, 0) is 19.4 Å². The molecule has 0 unspecified atom stereocenters. The van der Waals surface area contributed by atoms with Crippen LogP contribution in [0.4, 0.5) is 0 Å². The third kappa shape index (κ3) is 9.16. The van der Waals surface area contributed by atoms with Crippen molar-refractivity contribution in [2.75, 3.05) is 0 Å². The molecule has 0 fully saturated rings. The molecule has 2 nitrogen and oxygen atoms in total. The lowest BCUT2D eigenvalue weighted by atomic mass is 9.99. The van der Waals surface area contributed by atoms with Crippen LogP contribution in [0, 0.1) is 0 Å². The van der Waals surface area contributed by atoms with E-state index in [1.807, 2.05) is 51.1 Å². The Hall–Kier alpha value is -1.15. The third-order valence-electron chi connectivity index (χ3n) is 1.65. The summed E-state index contributed by atoms with van der Waals surface area (Å²) in [5, 5.41) is 9.47. The maximum absolute atomic E-state index is 9.47. The Labute approximate surface area is 91.9 Å². The van der Waals surface area contributed by atoms with Crippen molar-refractivity contribution in [2.24, 2.45) is 0 Å². The molecule has 1 rings (SSSR count). The lowest BCUT2D eigenvalue weighted by Crippen LogP contribution is -2.21. The van der Waals surface area contributed by atoms with Gasteiger partial charge >= 0.3 is 0 Å². The van der Waals surface area contributed by atoms with Crippen LogP contribution < -0.4 is 0 Å². The standard InChI is InChI=1S/C10H14O.C3H6O/c1-10(2,11)8-9-6-4-3-5-7-9;1-2-3-4/h3-7,11H,8H2,1-2H3;3H,2H2,1H3. The fourth-order valence-corrected chi connectivity index (χ4v) is 1.10. The van der Waals surface area contributed by atoms with E-state index >= 15 is 0 Å². The topological polar surface area (TPSA) is 37.3 Å². The number of carbonyl (C=O) groups is 1. The van der Waals surface area contributed by atoms with Crippen molar-refractivity contribution < 1.29 is 9.90 Å². The van der Waals surface area contributed by atoms with Crippen LogP contribution in [0.1, 0.15) is 32.8 Å². The highest BCUT2D eigenvalue weighted by atomic mass is 16.3. The molecule has 0 spiro atoms. The molecule has 0 aliphatic rings. The summed E-state index contributed by atoms with van der Waals surface area (Å²) in [6.07, 6.45) is 2.23. The molecule has 0 aliphatic carbocycles. The molecule has 0 amide bonds. The summed E-state index contributed by atoms with van der Waals surface area (Å²) < 4.78 is 0. The number of rotatable bonds is 3. The van der Waals surface area contributed by atoms with E-state index in [1.54, 1.807) is 0 Å². The molecule has 0 saturated heterocycles. The van der Waals surface area contributed by atoms with Crippen molar-refractivity contribution >= 4 is 6.29 Å². The molecule has 0 aromatic heterocycles. The first-order valence-corrected chi connectivity index (χ1v) is 5.19. The van der Waals surface area contributed by atoms with Gasteiger partial charge < -0.3 is 9.90 Å². The summed E-state index contributed by atoms with van der Waals surface area (Å²) in [6, 6.07) is 10.0. The van der Waals surface area contributed by atoms with E-state index in [4.69, 9.17) is 0 Å². The van der Waals surface area contributed by atoms with Gasteiger partial charge in [-0.25, -0.2) is 0 Å². The van der Waals surface area contributed by atoms with Crippen molar-refractivity contribution in [1.82, 2.24) is 0 Å². The molecule has 1 aromatic rings. The number of aldehydes is 1. The first kappa shape index (κ1) is 13.8. The van der Waals surface area contributed by atoms with Crippen LogP contribution in [-0.4, -0.2) is 17.0 Å². The highest BCUT2D eigenvalue weighted by molar-refractivity contribution is 5.48. The second-order valence-electron chi connectivity index (χ2n) is 4.05. The monoisotopic (exact) mass is 208 g/mol. The van der Waals surface area contributed by atoms with E-state index in [0.717, 1.165) is 6.29 Å². The van der Waals surface area contributed by atoms with E-state index in [2.05, 4.69) is 0 Å². The molecule has 15 heavy (non-hydrogen) atoms. The fourth-order valence-electron chi connectivity index (χ4n) is 1.10. The van der Waals surface area contributed by atoms with Gasteiger partial charge in [-0.2, -0.15) is 0 Å². The quantitative estimate of drug-likeness (QED) is 0.775. The second kappa shape index (κ2) is 7.18. The second-order valence-corrected chi connectivity index (χ2v) is 4.05. The molecular weight excluding hydrogens is 188 g/mol. The van der Waals surface area contributed by atoms with Crippen LogP contribution in [0.2, 0.25) is 0 Å². The molecule has 0 atom stereocenters. The predicted octanol–water partition coefficient (Wildman–Crippen LogP) is 2.60. The van der Waals surface area contributed by atoms with Crippen LogP contribution in [0.5, 0.6) is 0 Å². The van der Waals surface area contributed by atoms with Crippen LogP contribution in [-0.2, 0) is 11.2 Å². The largest absolute Gasteiger partial charge is 0.390 e. The number of hydrogen-bond donors (Lipinski definition) is 1. The van der Waals surface area contributed by atoms with E-state index in [9.17, 15) is 9.90 Å². The number of aliphatic hydroxyl groups is 1. The number of carbonyl (C=O) groups excluding carboxylic acids is 1. The van der Waals surface area contributed by atoms with Crippen LogP contribution in [0.3, 0.4) is 0 Å². The molecular formula is C13H20O2. The van der Waals surface area contributed by atoms with Gasteiger partial charge in [0.15, 0.2) is 0 Å². The van der Waals surface area contributed by atoms with Crippen molar-refractivity contribution in [2.45, 2.75) is 39.2 Å². The highest BCUT2D eigenvalue weighted by Crippen LogP contribution is 2.10. The van der Waals surface area contributed by atoms with Gasteiger partial charge in [0, 0.05) is 12.8 Å². The number of hydrogen-bond acceptors (Lipinski definition) is 2. The molecule has 84 valence electrons. The van der Waals surface area contributed by atoms with Gasteiger partial charge in [-0.1, -0.05) is 37.3 Å². The maximum atomic E-state index is 9.47. The smallest absolute Gasteiger partial charge is 0.119 e. The zero-order chi connectivity index (χ0) is 11.7. The normalized spacial score (nSPS) is 10.1. The first-order chi connectivity index (χ1) is 6.99. The average molecular weight is 208 g/mol. The summed E-state index contributed by atoms with van der Waals surface area (Å²) in [7, 11) is 0. The van der Waals surface area contributed by atoms with Crippen molar-refractivity contribution in [3.8, 4) is 0 Å². The van der Waals surface area contributed by atoms with E-state index < -0.39 is 5.60 Å². The van der Waals surface area contributed by atoms with E-state index in [-0.39, 0.29) is 0 Å². The SMILES string of the molecule is CC(C)(O)Cc1ccccc1.CCC=O. The number of benzene rings is 1. The minimum absolute atomic E-state index is 0.596. The minimum Gasteiger partial charge on any atom is -0.390 e. The van der Waals surface area contributed by atoms with Crippen molar-refractivity contribution in [3.05, 3.63) is 35.9 Å². The van der Waals surface area contributed by atoms with Gasteiger partial charge in [-0.3, -0.25) is 0 Å². The maximum Gasteiger partial charge on any atom is 0.119 e. The summed E-state index contributed by atoms with van der Waals surface area (Å²) in [6.45, 7) is 5.45. The molecule has 2 heteroatoms. The molecule has 1 N–H and O–H groups in total. The molecule has 1 aromatic carbocycles. The zero-order valence-electron chi connectivity index (χ0n) is 9.73. The summed E-state index contributed by atoms with van der Waals surface area (Å²) in [4.78, 5) is 9.17. The summed E-state index contributed by atoms with van der Waals surface area (Å²) >= 11 is 0. The van der Waals surface area contributed by atoms with Crippen LogP contribution in [0.25, 0.3) is 0 Å². The van der Waals surface area contributed by atoms with E-state index in [1.165, 1.54) is 5.56 Å². The molecule has 0 saturated carbocycles. The van der Waals surface area contributed by atoms with Gasteiger partial charge in [0.25, 0.3) is 0 Å². The summed E-state index contributed by atoms with van der Waals surface area (Å²) in [5.74, 6) is 0. The average Bonchev–Trinajstić information content (AvgIpc) is 2.17. The zero-order valence-corrected chi connectivity index (χ0v) is 9.73. The van der Waals surface area contributed by atoms with Crippen LogP contribution >= 0.6 is 0 Å². The van der Waals surface area contributed by atoms with E-state index in [0.29, 0.717) is 12.8 Å². The molecule has 0 bridgehead atoms. The van der Waals surface area contributed by atoms with Gasteiger partial charge in [0.05, 0.1) is 5.60 Å². The Kier molecular flexibility index (Phi) is 6.63. The van der Waals surface area contributed by atoms with Gasteiger partial charge in [0.2, 0.25) is 0 Å². The predicted molar refractivity (Wildman–Crippen MR) is 62.8 cm³/mol. The Morgan fingerprint density at radius 3 is 2.07 bits per heavy atom. The Bertz CT molecular complexity index is 260. The van der Waals surface area contributed by atoms with Gasteiger partial charge in [-0.15, -0.1) is 0 Å². The van der Waals surface area contributed by atoms with Crippen molar-refractivity contribution in [3.63, 3.8) is 0 Å². The Balaban J connectivity index is 0.000000423. The molecule has 0 heterocycles. The first-order valence-electron chi connectivity index (χ1n) is 5.19. The summed E-state index contributed by atoms with van der Waals surface area (Å²) in [5.41, 5.74) is 0.585. The lowest BCUT2D eigenvalue weighted by Gasteiger charge is -2.16. The van der Waals surface area contributed by atoms with Crippen molar-refractivity contribution in [1.29, 1.82) is 0 Å². The van der Waals surface area contributed by atoms with Crippen LogP contribution in [0.15, 0.2) is 30.3 Å². The minimum atomic E-state index is -0.596. The molecule has 0 radical (unpaired) electrons. The van der Waals surface area contributed by atoms with Gasteiger partial charge in [0.1, 0.15) is 6.29 Å². The fraction of sp³-hybridized carbons (Fsp3) is 0.462.